The predicted molar refractivity (Wildman–Crippen MR) is 110 cm³/mol. The number of rotatable bonds is 5. The maximum atomic E-state index is 11.9. The molecule has 2 aromatic rings. The summed E-state index contributed by atoms with van der Waals surface area (Å²) in [5.74, 6) is 0.879. The van der Waals surface area contributed by atoms with Gasteiger partial charge in [0.05, 0.1) is 19.1 Å². The Labute approximate surface area is 161 Å². The van der Waals surface area contributed by atoms with Gasteiger partial charge in [0.1, 0.15) is 0 Å². The van der Waals surface area contributed by atoms with Crippen LogP contribution in [0.25, 0.3) is 10.8 Å². The number of guanidine groups is 1. The first-order chi connectivity index (χ1) is 13.2. The number of carbonyl (C=O) groups excluding carboxylic acids is 1. The fraction of sp³-hybridized carbons (Fsp3) is 0.455. The molecular weight excluding hydrogens is 338 g/mol. The van der Waals surface area contributed by atoms with Gasteiger partial charge in [0, 0.05) is 19.6 Å². The van der Waals surface area contributed by atoms with Crippen molar-refractivity contribution in [2.45, 2.75) is 33.2 Å². The standard InChI is InChI=1S/C22H29N3O2/c1-3-23-22(25-14-12-18(13-15-25)21(26)27-4-2)24-16-19-10-7-9-17-8-5-6-11-20(17)19/h5-11,18H,3-4,12-16H2,1-2H3,(H,23,24). The van der Waals surface area contributed by atoms with Gasteiger partial charge >= 0.3 is 5.97 Å². The summed E-state index contributed by atoms with van der Waals surface area (Å²) in [7, 11) is 0. The van der Waals surface area contributed by atoms with Gasteiger partial charge in [-0.25, -0.2) is 4.99 Å². The summed E-state index contributed by atoms with van der Waals surface area (Å²) < 4.78 is 5.17. The van der Waals surface area contributed by atoms with Gasteiger partial charge in [-0.05, 0) is 43.0 Å². The first-order valence-corrected chi connectivity index (χ1v) is 9.89. The van der Waals surface area contributed by atoms with E-state index in [-0.39, 0.29) is 11.9 Å². The van der Waals surface area contributed by atoms with E-state index in [0.717, 1.165) is 38.4 Å². The molecule has 0 unspecified atom stereocenters. The van der Waals surface area contributed by atoms with Crippen LogP contribution in [0.2, 0.25) is 0 Å². The Balaban J connectivity index is 1.69. The average Bonchev–Trinajstić information content (AvgIpc) is 2.71. The SMILES string of the molecule is CCNC(=NCc1cccc2ccccc12)N1CCC(C(=O)OCC)CC1. The fourth-order valence-corrected chi connectivity index (χ4v) is 3.60. The molecule has 0 radical (unpaired) electrons. The molecule has 144 valence electrons. The highest BCUT2D eigenvalue weighted by molar-refractivity contribution is 5.86. The molecule has 1 heterocycles. The van der Waals surface area contributed by atoms with Crippen LogP contribution in [-0.2, 0) is 16.1 Å². The molecule has 0 spiro atoms. The zero-order valence-electron chi connectivity index (χ0n) is 16.3. The lowest BCUT2D eigenvalue weighted by molar-refractivity contribution is -0.149. The van der Waals surface area contributed by atoms with Gasteiger partial charge in [-0.1, -0.05) is 42.5 Å². The Bertz CT molecular complexity index is 790. The van der Waals surface area contributed by atoms with E-state index in [9.17, 15) is 4.79 Å². The molecule has 5 heteroatoms. The zero-order chi connectivity index (χ0) is 19.1. The first kappa shape index (κ1) is 19.2. The van der Waals surface area contributed by atoms with Crippen LogP contribution in [0.15, 0.2) is 47.5 Å². The van der Waals surface area contributed by atoms with Crippen LogP contribution in [0.3, 0.4) is 0 Å². The number of aliphatic imine (C=N–C) groups is 1. The maximum Gasteiger partial charge on any atom is 0.309 e. The van der Waals surface area contributed by atoms with Crippen LogP contribution in [0.4, 0.5) is 0 Å². The molecule has 1 aliphatic heterocycles. The molecule has 27 heavy (non-hydrogen) atoms. The van der Waals surface area contributed by atoms with Crippen molar-refractivity contribution in [1.29, 1.82) is 0 Å². The van der Waals surface area contributed by atoms with Gasteiger partial charge in [-0.15, -0.1) is 0 Å². The van der Waals surface area contributed by atoms with Crippen LogP contribution in [-0.4, -0.2) is 43.1 Å². The highest BCUT2D eigenvalue weighted by Gasteiger charge is 2.27. The number of nitrogens with one attached hydrogen (secondary N) is 1. The van der Waals surface area contributed by atoms with E-state index in [1.807, 2.05) is 6.92 Å². The maximum absolute atomic E-state index is 11.9. The number of fused-ring (bicyclic) bond motifs is 1. The predicted octanol–water partition coefficient (Wildman–Crippen LogP) is 3.58. The normalized spacial score (nSPS) is 15.8. The van der Waals surface area contributed by atoms with Crippen molar-refractivity contribution >= 4 is 22.7 Å². The van der Waals surface area contributed by atoms with Crippen molar-refractivity contribution in [1.82, 2.24) is 10.2 Å². The number of hydrogen-bond donors (Lipinski definition) is 1. The summed E-state index contributed by atoms with van der Waals surface area (Å²) in [4.78, 5) is 19.1. The molecule has 0 atom stereocenters. The van der Waals surface area contributed by atoms with Crippen molar-refractivity contribution in [3.63, 3.8) is 0 Å². The molecule has 1 N–H and O–H groups in total. The zero-order valence-corrected chi connectivity index (χ0v) is 16.3. The fourth-order valence-electron chi connectivity index (χ4n) is 3.60. The van der Waals surface area contributed by atoms with E-state index in [1.54, 1.807) is 0 Å². The smallest absolute Gasteiger partial charge is 0.309 e. The summed E-state index contributed by atoms with van der Waals surface area (Å²) in [5.41, 5.74) is 1.23. The van der Waals surface area contributed by atoms with Crippen molar-refractivity contribution in [2.75, 3.05) is 26.2 Å². The van der Waals surface area contributed by atoms with E-state index >= 15 is 0 Å². The number of esters is 1. The summed E-state index contributed by atoms with van der Waals surface area (Å²) in [5, 5.41) is 5.89. The van der Waals surface area contributed by atoms with Crippen molar-refractivity contribution in [2.24, 2.45) is 10.9 Å². The monoisotopic (exact) mass is 367 g/mol. The van der Waals surface area contributed by atoms with Crippen molar-refractivity contribution in [3.05, 3.63) is 48.0 Å². The average molecular weight is 367 g/mol. The van der Waals surface area contributed by atoms with E-state index in [4.69, 9.17) is 9.73 Å². The molecule has 0 aliphatic carbocycles. The van der Waals surface area contributed by atoms with E-state index < -0.39 is 0 Å². The summed E-state index contributed by atoms with van der Waals surface area (Å²) in [6.45, 7) is 7.51. The number of benzene rings is 2. The number of likely N-dealkylation sites (tertiary alicyclic amines) is 1. The van der Waals surface area contributed by atoms with Gasteiger partial charge < -0.3 is 15.0 Å². The second-order valence-corrected chi connectivity index (χ2v) is 6.82. The molecule has 1 aliphatic rings. The summed E-state index contributed by atoms with van der Waals surface area (Å²) in [6.07, 6.45) is 1.63. The quantitative estimate of drug-likeness (QED) is 0.499. The van der Waals surface area contributed by atoms with Crippen LogP contribution < -0.4 is 5.32 Å². The van der Waals surface area contributed by atoms with E-state index in [1.165, 1.54) is 16.3 Å². The molecule has 0 bridgehead atoms. The third-order valence-corrected chi connectivity index (χ3v) is 5.03. The van der Waals surface area contributed by atoms with Gasteiger partial charge in [0.25, 0.3) is 0 Å². The van der Waals surface area contributed by atoms with Crippen LogP contribution in [0.1, 0.15) is 32.3 Å². The molecule has 1 saturated heterocycles. The molecule has 0 saturated carbocycles. The summed E-state index contributed by atoms with van der Waals surface area (Å²) >= 11 is 0. The van der Waals surface area contributed by atoms with Crippen molar-refractivity contribution < 1.29 is 9.53 Å². The molecule has 2 aromatic carbocycles. The highest BCUT2D eigenvalue weighted by Crippen LogP contribution is 2.21. The molecule has 3 rings (SSSR count). The Hall–Kier alpha value is -2.56. The lowest BCUT2D eigenvalue weighted by Gasteiger charge is -2.33. The Morgan fingerprint density at radius 2 is 1.89 bits per heavy atom. The Kier molecular flexibility index (Phi) is 6.69. The molecule has 1 fully saturated rings. The number of nitrogens with zero attached hydrogens (tertiary/aromatic N) is 2. The minimum Gasteiger partial charge on any atom is -0.466 e. The van der Waals surface area contributed by atoms with Gasteiger partial charge in [0.15, 0.2) is 5.96 Å². The molecule has 0 aromatic heterocycles. The van der Waals surface area contributed by atoms with Gasteiger partial charge in [-0.3, -0.25) is 4.79 Å². The minimum atomic E-state index is -0.0603. The third-order valence-electron chi connectivity index (χ3n) is 5.03. The van der Waals surface area contributed by atoms with Gasteiger partial charge in [-0.2, -0.15) is 0 Å². The van der Waals surface area contributed by atoms with Crippen molar-refractivity contribution in [3.8, 4) is 0 Å². The van der Waals surface area contributed by atoms with Crippen LogP contribution in [0, 0.1) is 5.92 Å². The lowest BCUT2D eigenvalue weighted by Crippen LogP contribution is -2.46. The highest BCUT2D eigenvalue weighted by atomic mass is 16.5. The summed E-state index contributed by atoms with van der Waals surface area (Å²) in [6, 6.07) is 14.8. The van der Waals surface area contributed by atoms with E-state index in [0.29, 0.717) is 13.2 Å². The topological polar surface area (TPSA) is 53.9 Å². The molecule has 5 nitrogen and oxygen atoms in total. The second-order valence-electron chi connectivity index (χ2n) is 6.82. The minimum absolute atomic E-state index is 0.0159. The molecular formula is C22H29N3O2. The Morgan fingerprint density at radius 3 is 2.63 bits per heavy atom. The van der Waals surface area contributed by atoms with Crippen LogP contribution >= 0.6 is 0 Å². The van der Waals surface area contributed by atoms with E-state index in [2.05, 4.69) is 59.6 Å². The third kappa shape index (κ3) is 4.79. The van der Waals surface area contributed by atoms with Gasteiger partial charge in [0.2, 0.25) is 0 Å². The first-order valence-electron chi connectivity index (χ1n) is 9.89. The number of ether oxygens (including phenoxy) is 1. The number of piperidine rings is 1. The number of carbonyl (C=O) groups is 1. The second kappa shape index (κ2) is 9.40. The van der Waals surface area contributed by atoms with Crippen LogP contribution in [0.5, 0.6) is 0 Å². The largest absolute Gasteiger partial charge is 0.466 e. The lowest BCUT2D eigenvalue weighted by atomic mass is 9.97. The Morgan fingerprint density at radius 1 is 1.15 bits per heavy atom. The number of hydrogen-bond acceptors (Lipinski definition) is 3. The molecule has 0 amide bonds.